The maximum atomic E-state index is 6.27. The predicted molar refractivity (Wildman–Crippen MR) is 96.9 cm³/mol. The first-order valence-corrected chi connectivity index (χ1v) is 8.75. The van der Waals surface area contributed by atoms with Gasteiger partial charge >= 0.3 is 0 Å². The number of hydrogen-bond acceptors (Lipinski definition) is 3. The third kappa shape index (κ3) is 3.12. The number of hydrogen-bond donors (Lipinski definition) is 0. The van der Waals surface area contributed by atoms with Crippen LogP contribution in [0.1, 0.15) is 25.5 Å². The summed E-state index contributed by atoms with van der Waals surface area (Å²) in [6.07, 6.45) is 13.4. The van der Waals surface area contributed by atoms with Crippen LogP contribution in [0.5, 0.6) is 0 Å². The van der Waals surface area contributed by atoms with E-state index in [0.717, 1.165) is 48.0 Å². The van der Waals surface area contributed by atoms with E-state index in [9.17, 15) is 0 Å². The Labute approximate surface area is 147 Å². The number of anilines is 1. The van der Waals surface area contributed by atoms with Gasteiger partial charge in [0.15, 0.2) is 0 Å². The molecule has 1 atom stereocenters. The minimum Gasteiger partial charge on any atom is -0.357 e. The van der Waals surface area contributed by atoms with E-state index in [1.165, 1.54) is 6.42 Å². The van der Waals surface area contributed by atoms with E-state index in [0.29, 0.717) is 0 Å². The lowest BCUT2D eigenvalue weighted by Gasteiger charge is -2.24. The summed E-state index contributed by atoms with van der Waals surface area (Å²) < 4.78 is 7.73. The minimum atomic E-state index is 0.0795. The molecule has 1 aromatic carbocycles. The first kappa shape index (κ1) is 15.5. The van der Waals surface area contributed by atoms with Crippen molar-refractivity contribution < 1.29 is 4.74 Å². The van der Waals surface area contributed by atoms with Crippen molar-refractivity contribution in [2.75, 3.05) is 18.1 Å². The summed E-state index contributed by atoms with van der Waals surface area (Å²) in [7, 11) is 0. The van der Waals surface area contributed by atoms with Crippen LogP contribution in [0, 0.1) is 0 Å². The van der Waals surface area contributed by atoms with Gasteiger partial charge in [-0.05, 0) is 43.0 Å². The van der Waals surface area contributed by atoms with Gasteiger partial charge in [-0.15, -0.1) is 0 Å². The Hall–Kier alpha value is -2.04. The van der Waals surface area contributed by atoms with Crippen LogP contribution in [0.4, 0.5) is 5.69 Å². The molecule has 5 heteroatoms. The van der Waals surface area contributed by atoms with Crippen LogP contribution in [0.2, 0.25) is 0 Å². The molecular formula is C19H20ClN3O. The van der Waals surface area contributed by atoms with E-state index in [1.54, 1.807) is 0 Å². The van der Waals surface area contributed by atoms with Crippen LogP contribution in [-0.2, 0) is 4.74 Å². The molecule has 0 saturated carbocycles. The van der Waals surface area contributed by atoms with E-state index in [1.807, 2.05) is 23.0 Å². The van der Waals surface area contributed by atoms with Gasteiger partial charge in [0.05, 0.1) is 6.20 Å². The lowest BCUT2D eigenvalue weighted by atomic mass is 10.1. The maximum Gasteiger partial charge on any atom is 0.150 e. The molecule has 1 unspecified atom stereocenters. The van der Waals surface area contributed by atoms with Crippen molar-refractivity contribution >= 4 is 17.3 Å². The van der Waals surface area contributed by atoms with Gasteiger partial charge in [0.1, 0.15) is 11.4 Å². The van der Waals surface area contributed by atoms with Crippen LogP contribution in [0.15, 0.2) is 60.0 Å². The van der Waals surface area contributed by atoms with Crippen LogP contribution in [0.3, 0.4) is 0 Å². The smallest absolute Gasteiger partial charge is 0.150 e. The first-order chi connectivity index (χ1) is 11.8. The summed E-state index contributed by atoms with van der Waals surface area (Å²) in [4.78, 5) is 2.07. The van der Waals surface area contributed by atoms with E-state index >= 15 is 0 Å². The summed E-state index contributed by atoms with van der Waals surface area (Å²) in [5, 5.41) is 5.23. The molecule has 4 nitrogen and oxygen atoms in total. The molecule has 2 aliphatic rings. The number of allylic oxidation sites excluding steroid dienone is 2. The number of nitrogens with zero attached hydrogens (tertiary/aromatic N) is 3. The highest BCUT2D eigenvalue weighted by Gasteiger charge is 2.17. The molecule has 124 valence electrons. The predicted octanol–water partition coefficient (Wildman–Crippen LogP) is 4.71. The second-order valence-electron chi connectivity index (χ2n) is 6.11. The molecule has 0 spiro atoms. The van der Waals surface area contributed by atoms with Crippen LogP contribution >= 0.6 is 11.6 Å². The molecule has 0 amide bonds. The van der Waals surface area contributed by atoms with E-state index < -0.39 is 0 Å². The van der Waals surface area contributed by atoms with Crippen molar-refractivity contribution in [2.45, 2.75) is 25.5 Å². The fraction of sp³-hybridized carbons (Fsp3) is 0.316. The standard InChI is InChI=1S/C19H20ClN3O/c20-18-5-1-3-11-22(18)17-9-7-15(8-10-17)16-13-21-23(14-16)19-6-2-4-12-24-19/h1,3,5,7-10,13-14,19H,2,4,6,11-12H2. The van der Waals surface area contributed by atoms with Gasteiger partial charge in [-0.25, -0.2) is 4.68 Å². The monoisotopic (exact) mass is 341 g/mol. The summed E-state index contributed by atoms with van der Waals surface area (Å²) in [5.74, 6) is 0. The van der Waals surface area contributed by atoms with Crippen LogP contribution in [-0.4, -0.2) is 22.9 Å². The maximum absolute atomic E-state index is 6.27. The van der Waals surface area contributed by atoms with Crippen molar-refractivity contribution in [1.29, 1.82) is 0 Å². The second kappa shape index (κ2) is 6.83. The zero-order valence-corrected chi connectivity index (χ0v) is 14.2. The highest BCUT2D eigenvalue weighted by Crippen LogP contribution is 2.29. The molecule has 1 aromatic heterocycles. The first-order valence-electron chi connectivity index (χ1n) is 8.37. The van der Waals surface area contributed by atoms with Crippen LogP contribution in [0.25, 0.3) is 11.1 Å². The topological polar surface area (TPSA) is 30.3 Å². The lowest BCUT2D eigenvalue weighted by molar-refractivity contribution is -0.0394. The molecule has 24 heavy (non-hydrogen) atoms. The molecule has 0 radical (unpaired) electrons. The molecule has 1 saturated heterocycles. The van der Waals surface area contributed by atoms with Gasteiger partial charge < -0.3 is 9.64 Å². The quantitative estimate of drug-likeness (QED) is 0.758. The van der Waals surface area contributed by atoms with Crippen molar-refractivity contribution in [3.8, 4) is 11.1 Å². The SMILES string of the molecule is ClC1=CC=CCN1c1ccc(-c2cnn(C3CCCCO3)c2)cc1. The summed E-state index contributed by atoms with van der Waals surface area (Å²) >= 11 is 6.27. The molecule has 2 aliphatic heterocycles. The highest BCUT2D eigenvalue weighted by atomic mass is 35.5. The van der Waals surface area contributed by atoms with Crippen molar-refractivity contribution in [1.82, 2.24) is 9.78 Å². The van der Waals surface area contributed by atoms with Crippen molar-refractivity contribution in [3.63, 3.8) is 0 Å². The average molecular weight is 342 g/mol. The van der Waals surface area contributed by atoms with Crippen LogP contribution < -0.4 is 4.90 Å². The van der Waals surface area contributed by atoms with E-state index in [4.69, 9.17) is 16.3 Å². The molecule has 1 fully saturated rings. The Morgan fingerprint density at radius 2 is 2.00 bits per heavy atom. The fourth-order valence-corrected chi connectivity index (χ4v) is 3.37. The van der Waals surface area contributed by atoms with Gasteiger partial charge in [-0.3, -0.25) is 0 Å². The Kier molecular flexibility index (Phi) is 4.41. The number of aromatic nitrogens is 2. The Morgan fingerprint density at radius 1 is 1.12 bits per heavy atom. The van der Waals surface area contributed by atoms with E-state index in [2.05, 4.69) is 46.5 Å². The van der Waals surface area contributed by atoms with Gasteiger partial charge in [-0.1, -0.05) is 35.9 Å². The van der Waals surface area contributed by atoms with Crippen molar-refractivity contribution in [3.05, 3.63) is 60.0 Å². The summed E-state index contributed by atoms with van der Waals surface area (Å²) in [5.41, 5.74) is 3.34. The second-order valence-corrected chi connectivity index (χ2v) is 6.49. The molecule has 0 aliphatic carbocycles. The number of rotatable bonds is 3. The summed E-state index contributed by atoms with van der Waals surface area (Å²) in [6, 6.07) is 8.42. The van der Waals surface area contributed by atoms with Gasteiger partial charge in [0.2, 0.25) is 0 Å². The third-order valence-electron chi connectivity index (χ3n) is 4.48. The number of ether oxygens (including phenoxy) is 1. The van der Waals surface area contributed by atoms with Gasteiger partial charge in [0.25, 0.3) is 0 Å². The molecule has 0 N–H and O–H groups in total. The molecule has 2 aromatic rings. The molecule has 4 rings (SSSR count). The Bertz CT molecular complexity index is 757. The highest BCUT2D eigenvalue weighted by molar-refractivity contribution is 6.31. The van der Waals surface area contributed by atoms with Crippen molar-refractivity contribution in [2.24, 2.45) is 0 Å². The normalized spacial score (nSPS) is 21.0. The fourth-order valence-electron chi connectivity index (χ4n) is 3.13. The summed E-state index contributed by atoms with van der Waals surface area (Å²) in [6.45, 7) is 1.62. The van der Waals surface area contributed by atoms with Gasteiger partial charge in [0, 0.05) is 30.6 Å². The molecular weight excluding hydrogens is 322 g/mol. The third-order valence-corrected chi connectivity index (χ3v) is 4.81. The zero-order chi connectivity index (χ0) is 16.4. The Morgan fingerprint density at radius 3 is 2.75 bits per heavy atom. The number of halogens is 1. The zero-order valence-electron chi connectivity index (χ0n) is 13.4. The minimum absolute atomic E-state index is 0.0795. The Balaban J connectivity index is 1.52. The average Bonchev–Trinajstić information content (AvgIpc) is 3.13. The van der Waals surface area contributed by atoms with E-state index in [-0.39, 0.29) is 6.23 Å². The largest absolute Gasteiger partial charge is 0.357 e. The lowest BCUT2D eigenvalue weighted by Crippen LogP contribution is -2.21. The molecule has 0 bridgehead atoms. The number of benzene rings is 1. The molecule has 3 heterocycles. The van der Waals surface area contributed by atoms with Gasteiger partial charge in [-0.2, -0.15) is 5.10 Å².